The highest BCUT2D eigenvalue weighted by atomic mass is 32.2. The molecule has 1 N–H and O–H groups in total. The van der Waals surface area contributed by atoms with Crippen molar-refractivity contribution in [2.24, 2.45) is 0 Å². The van der Waals surface area contributed by atoms with Gasteiger partial charge in [-0.15, -0.1) is 0 Å². The number of sulfonamides is 1. The van der Waals surface area contributed by atoms with Gasteiger partial charge in [-0.05, 0) is 54.9 Å². The van der Waals surface area contributed by atoms with Crippen molar-refractivity contribution in [3.8, 4) is 0 Å². The molecule has 0 spiro atoms. The van der Waals surface area contributed by atoms with Gasteiger partial charge >= 0.3 is 0 Å². The Balaban J connectivity index is 1.81. The van der Waals surface area contributed by atoms with E-state index in [1.807, 2.05) is 0 Å². The molecule has 3 rings (SSSR count). The van der Waals surface area contributed by atoms with Crippen molar-refractivity contribution in [3.63, 3.8) is 0 Å². The molecule has 2 aromatic carbocycles. The maximum atomic E-state index is 12.9. The van der Waals surface area contributed by atoms with Crippen LogP contribution in [-0.2, 0) is 27.7 Å². The SMILES string of the molecule is CNS(=O)(=O)c1ccc2c(c1)CCN2C(=O)Cc1ccc(F)cc1. The number of fused-ring (bicyclic) bond motifs is 1. The van der Waals surface area contributed by atoms with Gasteiger partial charge in [-0.25, -0.2) is 17.5 Å². The Morgan fingerprint density at radius 1 is 1.21 bits per heavy atom. The molecule has 2 aromatic rings. The molecule has 0 saturated heterocycles. The van der Waals surface area contributed by atoms with Crippen LogP contribution in [0.4, 0.5) is 10.1 Å². The van der Waals surface area contributed by atoms with E-state index in [-0.39, 0.29) is 23.0 Å². The fourth-order valence-electron chi connectivity index (χ4n) is 2.79. The Labute approximate surface area is 140 Å². The lowest BCUT2D eigenvalue weighted by molar-refractivity contribution is -0.117. The van der Waals surface area contributed by atoms with Crippen LogP contribution >= 0.6 is 0 Å². The fraction of sp³-hybridized carbons (Fsp3) is 0.235. The molecule has 0 fully saturated rings. The molecular weight excluding hydrogens is 331 g/mol. The minimum absolute atomic E-state index is 0.0930. The normalized spacial score (nSPS) is 13.8. The van der Waals surface area contributed by atoms with Crippen LogP contribution in [0, 0.1) is 5.82 Å². The smallest absolute Gasteiger partial charge is 0.240 e. The number of anilines is 1. The van der Waals surface area contributed by atoms with Crippen molar-refractivity contribution in [2.75, 3.05) is 18.5 Å². The van der Waals surface area contributed by atoms with Gasteiger partial charge in [0, 0.05) is 12.2 Å². The fourth-order valence-corrected chi connectivity index (χ4v) is 3.57. The molecule has 0 aliphatic carbocycles. The number of benzene rings is 2. The molecular formula is C17H17FN2O3S. The highest BCUT2D eigenvalue weighted by Gasteiger charge is 2.26. The predicted molar refractivity (Wildman–Crippen MR) is 88.8 cm³/mol. The third kappa shape index (κ3) is 3.18. The maximum absolute atomic E-state index is 12.9. The first kappa shape index (κ1) is 16.6. The van der Waals surface area contributed by atoms with Crippen LogP contribution in [0.25, 0.3) is 0 Å². The van der Waals surface area contributed by atoms with E-state index in [1.54, 1.807) is 29.2 Å². The van der Waals surface area contributed by atoms with Crippen LogP contribution < -0.4 is 9.62 Å². The van der Waals surface area contributed by atoms with Crippen molar-refractivity contribution < 1.29 is 17.6 Å². The molecule has 126 valence electrons. The number of hydrogen-bond acceptors (Lipinski definition) is 3. The largest absolute Gasteiger partial charge is 0.312 e. The lowest BCUT2D eigenvalue weighted by atomic mass is 10.1. The molecule has 0 aromatic heterocycles. The highest BCUT2D eigenvalue weighted by molar-refractivity contribution is 7.89. The van der Waals surface area contributed by atoms with E-state index >= 15 is 0 Å². The van der Waals surface area contributed by atoms with Crippen LogP contribution in [0.3, 0.4) is 0 Å². The van der Waals surface area contributed by atoms with Gasteiger partial charge in [0.2, 0.25) is 15.9 Å². The molecule has 1 amide bonds. The minimum Gasteiger partial charge on any atom is -0.312 e. The molecule has 0 unspecified atom stereocenters. The Hall–Kier alpha value is -2.25. The number of carbonyl (C=O) groups excluding carboxylic acids is 1. The lowest BCUT2D eigenvalue weighted by Crippen LogP contribution is -2.30. The van der Waals surface area contributed by atoms with Gasteiger partial charge in [0.25, 0.3) is 0 Å². The number of carbonyl (C=O) groups is 1. The third-order valence-corrected chi connectivity index (χ3v) is 5.51. The van der Waals surface area contributed by atoms with Gasteiger partial charge in [-0.2, -0.15) is 0 Å². The summed E-state index contributed by atoms with van der Waals surface area (Å²) in [7, 11) is -2.14. The number of halogens is 1. The average molecular weight is 348 g/mol. The van der Waals surface area contributed by atoms with E-state index in [2.05, 4.69) is 4.72 Å². The zero-order valence-corrected chi connectivity index (χ0v) is 13.9. The number of nitrogens with one attached hydrogen (secondary N) is 1. The summed E-state index contributed by atoms with van der Waals surface area (Å²) in [6.07, 6.45) is 0.786. The summed E-state index contributed by atoms with van der Waals surface area (Å²) in [6, 6.07) is 10.6. The summed E-state index contributed by atoms with van der Waals surface area (Å²) in [6.45, 7) is 0.512. The van der Waals surface area contributed by atoms with Crippen LogP contribution in [0.15, 0.2) is 47.4 Å². The van der Waals surface area contributed by atoms with Gasteiger partial charge in [0.05, 0.1) is 11.3 Å². The third-order valence-electron chi connectivity index (χ3n) is 4.10. The summed E-state index contributed by atoms with van der Waals surface area (Å²) in [5.74, 6) is -0.430. The van der Waals surface area contributed by atoms with E-state index in [9.17, 15) is 17.6 Å². The van der Waals surface area contributed by atoms with Crippen LogP contribution in [-0.4, -0.2) is 27.9 Å². The van der Waals surface area contributed by atoms with Crippen LogP contribution in [0.2, 0.25) is 0 Å². The molecule has 0 bridgehead atoms. The second-order valence-electron chi connectivity index (χ2n) is 5.60. The van der Waals surface area contributed by atoms with Crippen molar-refractivity contribution in [2.45, 2.75) is 17.7 Å². The Morgan fingerprint density at radius 3 is 2.58 bits per heavy atom. The quantitative estimate of drug-likeness (QED) is 0.917. The summed E-state index contributed by atoms with van der Waals surface area (Å²) >= 11 is 0. The van der Waals surface area contributed by atoms with Crippen molar-refractivity contribution in [1.82, 2.24) is 4.72 Å². The lowest BCUT2D eigenvalue weighted by Gasteiger charge is -2.17. The van der Waals surface area contributed by atoms with E-state index in [1.165, 1.54) is 25.2 Å². The van der Waals surface area contributed by atoms with E-state index in [4.69, 9.17) is 0 Å². The number of nitrogens with zero attached hydrogens (tertiary/aromatic N) is 1. The van der Waals surface area contributed by atoms with Crippen LogP contribution in [0.1, 0.15) is 11.1 Å². The Kier molecular flexibility index (Phi) is 4.38. The first-order chi connectivity index (χ1) is 11.4. The molecule has 0 saturated carbocycles. The summed E-state index contributed by atoms with van der Waals surface area (Å²) in [5.41, 5.74) is 2.31. The molecule has 0 atom stereocenters. The van der Waals surface area contributed by atoms with Gasteiger partial charge in [0.1, 0.15) is 5.82 Å². The average Bonchev–Trinajstić information content (AvgIpc) is 3.00. The van der Waals surface area contributed by atoms with Crippen molar-refractivity contribution >= 4 is 21.6 Å². The van der Waals surface area contributed by atoms with E-state index in [0.29, 0.717) is 13.0 Å². The molecule has 1 aliphatic heterocycles. The number of amides is 1. The highest BCUT2D eigenvalue weighted by Crippen LogP contribution is 2.30. The summed E-state index contributed by atoms with van der Waals surface area (Å²) in [5, 5.41) is 0. The van der Waals surface area contributed by atoms with Crippen molar-refractivity contribution in [3.05, 3.63) is 59.4 Å². The number of hydrogen-bond donors (Lipinski definition) is 1. The second-order valence-corrected chi connectivity index (χ2v) is 7.48. The first-order valence-corrected chi connectivity index (χ1v) is 9.00. The van der Waals surface area contributed by atoms with Gasteiger partial charge < -0.3 is 4.90 Å². The van der Waals surface area contributed by atoms with E-state index < -0.39 is 10.0 Å². The van der Waals surface area contributed by atoms with Gasteiger partial charge in [0.15, 0.2) is 0 Å². The molecule has 0 radical (unpaired) electrons. The van der Waals surface area contributed by atoms with E-state index in [0.717, 1.165) is 16.8 Å². The predicted octanol–water partition coefficient (Wildman–Crippen LogP) is 1.87. The summed E-state index contributed by atoms with van der Waals surface area (Å²) < 4.78 is 38.9. The molecule has 1 aliphatic rings. The van der Waals surface area contributed by atoms with Crippen LogP contribution in [0.5, 0.6) is 0 Å². The Morgan fingerprint density at radius 2 is 1.92 bits per heavy atom. The molecule has 5 nitrogen and oxygen atoms in total. The van der Waals surface area contributed by atoms with Crippen molar-refractivity contribution in [1.29, 1.82) is 0 Å². The number of rotatable bonds is 4. The topological polar surface area (TPSA) is 66.5 Å². The Bertz CT molecular complexity index is 879. The van der Waals surface area contributed by atoms with Gasteiger partial charge in [-0.1, -0.05) is 12.1 Å². The molecule has 1 heterocycles. The standard InChI is InChI=1S/C17H17FN2O3S/c1-19-24(22,23)15-6-7-16-13(11-15)8-9-20(16)17(21)10-12-2-4-14(18)5-3-12/h2-7,11,19H,8-10H2,1H3. The first-order valence-electron chi connectivity index (χ1n) is 7.52. The maximum Gasteiger partial charge on any atom is 0.240 e. The monoisotopic (exact) mass is 348 g/mol. The molecule has 24 heavy (non-hydrogen) atoms. The summed E-state index contributed by atoms with van der Waals surface area (Å²) in [4.78, 5) is 14.3. The second kappa shape index (κ2) is 6.33. The zero-order valence-electron chi connectivity index (χ0n) is 13.1. The zero-order chi connectivity index (χ0) is 17.3. The minimum atomic E-state index is -3.50. The van der Waals surface area contributed by atoms with Gasteiger partial charge in [-0.3, -0.25) is 4.79 Å². The molecule has 7 heteroatoms.